The van der Waals surface area contributed by atoms with Crippen LogP contribution in [-0.4, -0.2) is 25.3 Å². The van der Waals surface area contributed by atoms with Gasteiger partial charge in [0.2, 0.25) is 0 Å². The first kappa shape index (κ1) is 15.0. The summed E-state index contributed by atoms with van der Waals surface area (Å²) in [4.78, 5) is 0. The molecule has 1 saturated carbocycles. The molecule has 1 rings (SSSR count). The van der Waals surface area contributed by atoms with E-state index in [1.165, 1.54) is 32.1 Å². The van der Waals surface area contributed by atoms with E-state index in [9.17, 15) is 0 Å². The van der Waals surface area contributed by atoms with Gasteiger partial charge in [-0.15, -0.1) is 0 Å². The van der Waals surface area contributed by atoms with Crippen molar-refractivity contribution in [2.45, 2.75) is 65.3 Å². The molecular weight excluding hydrogens is 210 g/mol. The van der Waals surface area contributed by atoms with Crippen LogP contribution in [0.15, 0.2) is 0 Å². The normalized spacial score (nSPS) is 20.5. The number of nitrogens with one attached hydrogen (secondary N) is 1. The molecule has 0 bridgehead atoms. The highest BCUT2D eigenvalue weighted by molar-refractivity contribution is 4.72. The van der Waals surface area contributed by atoms with Crippen molar-refractivity contribution in [2.24, 2.45) is 11.8 Å². The second-order valence-electron chi connectivity index (χ2n) is 6.78. The number of hydrogen-bond donors (Lipinski definition) is 1. The Morgan fingerprint density at radius 2 is 1.82 bits per heavy atom. The first-order chi connectivity index (χ1) is 7.97. The second-order valence-corrected chi connectivity index (χ2v) is 6.78. The molecule has 0 spiro atoms. The van der Waals surface area contributed by atoms with E-state index in [-0.39, 0.29) is 5.54 Å². The molecule has 0 aromatic rings. The molecule has 1 atom stereocenters. The summed E-state index contributed by atoms with van der Waals surface area (Å²) in [6.45, 7) is 11.8. The largest absolute Gasteiger partial charge is 0.381 e. The van der Waals surface area contributed by atoms with Gasteiger partial charge in [-0.05, 0) is 45.4 Å². The first-order valence-electron chi connectivity index (χ1n) is 7.30. The van der Waals surface area contributed by atoms with Crippen molar-refractivity contribution in [2.75, 3.05) is 19.8 Å². The maximum Gasteiger partial charge on any atom is 0.0503 e. The minimum absolute atomic E-state index is 0.220. The molecule has 1 aliphatic carbocycles. The monoisotopic (exact) mass is 241 g/mol. The van der Waals surface area contributed by atoms with Crippen LogP contribution in [-0.2, 0) is 4.74 Å². The summed E-state index contributed by atoms with van der Waals surface area (Å²) in [5, 5.41) is 3.53. The first-order valence-corrected chi connectivity index (χ1v) is 7.30. The molecule has 1 fully saturated rings. The van der Waals surface area contributed by atoms with Crippen LogP contribution < -0.4 is 5.32 Å². The summed E-state index contributed by atoms with van der Waals surface area (Å²) in [6, 6.07) is 0. The maximum absolute atomic E-state index is 5.86. The van der Waals surface area contributed by atoms with Crippen molar-refractivity contribution < 1.29 is 4.74 Å². The zero-order chi connectivity index (χ0) is 12.7. The lowest BCUT2D eigenvalue weighted by atomic mass is 9.90. The van der Waals surface area contributed by atoms with Crippen LogP contribution in [0, 0.1) is 11.8 Å². The molecule has 1 N–H and O–H groups in total. The number of ether oxygens (including phenoxy) is 1. The highest BCUT2D eigenvalue weighted by Crippen LogP contribution is 2.23. The Hall–Kier alpha value is -0.0800. The van der Waals surface area contributed by atoms with E-state index in [1.54, 1.807) is 0 Å². The lowest BCUT2D eigenvalue weighted by Crippen LogP contribution is -2.39. The standard InChI is InChI=1S/C15H31NO/c1-13(10-16-15(2,3)4)11-17-12-14-8-6-5-7-9-14/h13-14,16H,5-12H2,1-4H3. The van der Waals surface area contributed by atoms with E-state index < -0.39 is 0 Å². The van der Waals surface area contributed by atoms with E-state index in [1.807, 2.05) is 0 Å². The van der Waals surface area contributed by atoms with Gasteiger partial charge >= 0.3 is 0 Å². The highest BCUT2D eigenvalue weighted by Gasteiger charge is 2.15. The van der Waals surface area contributed by atoms with Gasteiger partial charge in [-0.25, -0.2) is 0 Å². The maximum atomic E-state index is 5.86. The molecule has 0 aromatic heterocycles. The fourth-order valence-electron chi connectivity index (χ4n) is 2.33. The van der Waals surface area contributed by atoms with Crippen LogP contribution in [0.2, 0.25) is 0 Å². The molecule has 1 unspecified atom stereocenters. The molecule has 0 aliphatic heterocycles. The highest BCUT2D eigenvalue weighted by atomic mass is 16.5. The predicted octanol–water partition coefficient (Wildman–Crippen LogP) is 3.61. The molecule has 0 aromatic carbocycles. The average Bonchev–Trinajstić information content (AvgIpc) is 2.27. The van der Waals surface area contributed by atoms with Crippen molar-refractivity contribution in [3.05, 3.63) is 0 Å². The zero-order valence-corrected chi connectivity index (χ0v) is 12.2. The van der Waals surface area contributed by atoms with Gasteiger partial charge in [0.1, 0.15) is 0 Å². The zero-order valence-electron chi connectivity index (χ0n) is 12.2. The molecule has 0 saturated heterocycles. The summed E-state index contributed by atoms with van der Waals surface area (Å²) in [5.41, 5.74) is 0.220. The predicted molar refractivity (Wildman–Crippen MR) is 74.3 cm³/mol. The Balaban J connectivity index is 2.01. The SMILES string of the molecule is CC(CNC(C)(C)C)COCC1CCCCC1. The fraction of sp³-hybridized carbons (Fsp3) is 1.00. The summed E-state index contributed by atoms with van der Waals surface area (Å²) < 4.78 is 5.86. The Labute approximate surface area is 108 Å². The van der Waals surface area contributed by atoms with E-state index >= 15 is 0 Å². The van der Waals surface area contributed by atoms with Gasteiger partial charge in [-0.2, -0.15) is 0 Å². The van der Waals surface area contributed by atoms with Gasteiger partial charge in [0.05, 0.1) is 6.61 Å². The second kappa shape index (κ2) is 7.38. The van der Waals surface area contributed by atoms with Crippen LogP contribution in [0.1, 0.15) is 59.8 Å². The Kier molecular flexibility index (Phi) is 6.50. The summed E-state index contributed by atoms with van der Waals surface area (Å²) >= 11 is 0. The van der Waals surface area contributed by atoms with E-state index in [4.69, 9.17) is 4.74 Å². The van der Waals surface area contributed by atoms with Crippen molar-refractivity contribution in [1.29, 1.82) is 0 Å². The lowest BCUT2D eigenvalue weighted by Gasteiger charge is -2.25. The van der Waals surface area contributed by atoms with Crippen molar-refractivity contribution >= 4 is 0 Å². The smallest absolute Gasteiger partial charge is 0.0503 e. The van der Waals surface area contributed by atoms with Gasteiger partial charge < -0.3 is 10.1 Å². The molecule has 0 heterocycles. The molecule has 17 heavy (non-hydrogen) atoms. The van der Waals surface area contributed by atoms with E-state index in [2.05, 4.69) is 33.0 Å². The van der Waals surface area contributed by atoms with Gasteiger partial charge in [0, 0.05) is 18.7 Å². The summed E-state index contributed by atoms with van der Waals surface area (Å²) in [5.74, 6) is 1.45. The Morgan fingerprint density at radius 1 is 1.18 bits per heavy atom. The van der Waals surface area contributed by atoms with E-state index in [0.29, 0.717) is 5.92 Å². The summed E-state index contributed by atoms with van der Waals surface area (Å²) in [7, 11) is 0. The van der Waals surface area contributed by atoms with Crippen LogP contribution >= 0.6 is 0 Å². The van der Waals surface area contributed by atoms with Crippen LogP contribution in [0.4, 0.5) is 0 Å². The summed E-state index contributed by atoms with van der Waals surface area (Å²) in [6.07, 6.45) is 7.02. The van der Waals surface area contributed by atoms with Gasteiger partial charge in [0.25, 0.3) is 0 Å². The molecular formula is C15H31NO. The van der Waals surface area contributed by atoms with Crippen molar-refractivity contribution in [3.63, 3.8) is 0 Å². The van der Waals surface area contributed by atoms with Crippen LogP contribution in [0.25, 0.3) is 0 Å². The average molecular weight is 241 g/mol. The number of rotatable bonds is 6. The van der Waals surface area contributed by atoms with Crippen molar-refractivity contribution in [1.82, 2.24) is 5.32 Å². The molecule has 0 amide bonds. The molecule has 1 aliphatic rings. The van der Waals surface area contributed by atoms with Crippen LogP contribution in [0.5, 0.6) is 0 Å². The van der Waals surface area contributed by atoms with Gasteiger partial charge in [0.15, 0.2) is 0 Å². The van der Waals surface area contributed by atoms with Crippen LogP contribution in [0.3, 0.4) is 0 Å². The van der Waals surface area contributed by atoms with Gasteiger partial charge in [-0.3, -0.25) is 0 Å². The third-order valence-corrected chi connectivity index (χ3v) is 3.46. The minimum Gasteiger partial charge on any atom is -0.381 e. The molecule has 0 radical (unpaired) electrons. The topological polar surface area (TPSA) is 21.3 Å². The van der Waals surface area contributed by atoms with E-state index in [0.717, 1.165) is 25.7 Å². The molecule has 2 nitrogen and oxygen atoms in total. The molecule has 102 valence electrons. The van der Waals surface area contributed by atoms with Crippen molar-refractivity contribution in [3.8, 4) is 0 Å². The third kappa shape index (κ3) is 7.77. The fourth-order valence-corrected chi connectivity index (χ4v) is 2.33. The minimum atomic E-state index is 0.220. The Bertz CT molecular complexity index is 192. The number of hydrogen-bond acceptors (Lipinski definition) is 2. The van der Waals surface area contributed by atoms with Gasteiger partial charge in [-0.1, -0.05) is 26.2 Å². The Morgan fingerprint density at radius 3 is 2.41 bits per heavy atom. The molecule has 2 heteroatoms. The lowest BCUT2D eigenvalue weighted by molar-refractivity contribution is 0.0627. The quantitative estimate of drug-likeness (QED) is 0.767. The third-order valence-electron chi connectivity index (χ3n) is 3.46.